The molecular weight excluding hydrogens is 405 g/mol. The van der Waals surface area contributed by atoms with Gasteiger partial charge < -0.3 is 14.9 Å². The maximum absolute atomic E-state index is 13.5. The van der Waals surface area contributed by atoms with Crippen molar-refractivity contribution < 1.29 is 9.50 Å². The van der Waals surface area contributed by atoms with E-state index in [-0.39, 0.29) is 18.5 Å². The molecule has 7 heteroatoms. The van der Waals surface area contributed by atoms with Crippen molar-refractivity contribution in [3.8, 4) is 11.3 Å². The van der Waals surface area contributed by atoms with Crippen LogP contribution in [0.25, 0.3) is 11.3 Å². The summed E-state index contributed by atoms with van der Waals surface area (Å²) >= 11 is 0. The van der Waals surface area contributed by atoms with E-state index in [0.717, 1.165) is 57.1 Å². The van der Waals surface area contributed by atoms with Crippen LogP contribution in [-0.4, -0.2) is 89.1 Å². The molecular formula is C25H38FN5O. The van der Waals surface area contributed by atoms with Gasteiger partial charge in [-0.2, -0.15) is 5.10 Å². The van der Waals surface area contributed by atoms with Gasteiger partial charge in [-0.1, -0.05) is 0 Å². The molecule has 1 aromatic heterocycles. The average Bonchev–Trinajstić information content (AvgIpc) is 3.30. The number of aromatic nitrogens is 2. The molecule has 0 aliphatic carbocycles. The van der Waals surface area contributed by atoms with Gasteiger partial charge in [-0.3, -0.25) is 9.58 Å². The molecule has 0 bridgehead atoms. The number of aliphatic hydroxyl groups is 1. The molecule has 6 nitrogen and oxygen atoms in total. The topological polar surface area (TPSA) is 47.8 Å². The fraction of sp³-hybridized carbons (Fsp3) is 0.640. The monoisotopic (exact) mass is 443 g/mol. The second-order valence-electron chi connectivity index (χ2n) is 9.94. The van der Waals surface area contributed by atoms with Crippen molar-refractivity contribution in [1.29, 1.82) is 0 Å². The van der Waals surface area contributed by atoms with Crippen molar-refractivity contribution in [1.82, 2.24) is 24.5 Å². The van der Waals surface area contributed by atoms with Gasteiger partial charge in [-0.05, 0) is 76.5 Å². The summed E-state index contributed by atoms with van der Waals surface area (Å²) in [6, 6.07) is 6.89. The van der Waals surface area contributed by atoms with Gasteiger partial charge in [0.2, 0.25) is 0 Å². The highest BCUT2D eigenvalue weighted by atomic mass is 19.1. The lowest BCUT2D eigenvalue weighted by Gasteiger charge is -2.26. The van der Waals surface area contributed by atoms with Crippen LogP contribution < -0.4 is 0 Å². The highest BCUT2D eigenvalue weighted by Crippen LogP contribution is 2.30. The summed E-state index contributed by atoms with van der Waals surface area (Å²) in [4.78, 5) is 7.46. The van der Waals surface area contributed by atoms with Gasteiger partial charge in [0.1, 0.15) is 5.82 Å². The molecule has 2 atom stereocenters. The van der Waals surface area contributed by atoms with Crippen LogP contribution in [0.3, 0.4) is 0 Å². The molecule has 0 saturated carbocycles. The maximum atomic E-state index is 13.5. The standard InChI is InChI=1S/C25H38FN5O/c1-19(2)31-17-22(25(27-31)20-5-7-24(26)8-6-20)15-30-14-21(23(16-30)18-32)13-29-10-4-9-28(3)11-12-29/h5-8,17,19,21,23,32H,4,9-16,18H2,1-3H3. The third kappa shape index (κ3) is 5.57. The van der Waals surface area contributed by atoms with Gasteiger partial charge in [-0.15, -0.1) is 0 Å². The van der Waals surface area contributed by atoms with Crippen molar-refractivity contribution in [3.05, 3.63) is 41.8 Å². The van der Waals surface area contributed by atoms with Crippen LogP contribution in [-0.2, 0) is 6.54 Å². The summed E-state index contributed by atoms with van der Waals surface area (Å²) in [5, 5.41) is 14.9. The van der Waals surface area contributed by atoms with E-state index in [1.165, 1.54) is 30.7 Å². The molecule has 2 aliphatic rings. The van der Waals surface area contributed by atoms with E-state index in [9.17, 15) is 9.50 Å². The SMILES string of the molecule is CC(C)n1cc(CN2CC(CO)C(CN3CCCN(C)CC3)C2)c(-c2ccc(F)cc2)n1. The Kier molecular flexibility index (Phi) is 7.61. The zero-order valence-electron chi connectivity index (χ0n) is 19.8. The Morgan fingerprint density at radius 1 is 1.03 bits per heavy atom. The van der Waals surface area contributed by atoms with Crippen LogP contribution in [0.15, 0.2) is 30.5 Å². The number of hydrogen-bond donors (Lipinski definition) is 1. The first-order valence-electron chi connectivity index (χ1n) is 12.0. The first-order valence-corrected chi connectivity index (χ1v) is 12.0. The number of aliphatic hydroxyl groups excluding tert-OH is 1. The van der Waals surface area contributed by atoms with Crippen LogP contribution >= 0.6 is 0 Å². The van der Waals surface area contributed by atoms with E-state index in [4.69, 9.17) is 5.10 Å². The van der Waals surface area contributed by atoms with Crippen LogP contribution in [0.1, 0.15) is 31.9 Å². The Balaban J connectivity index is 1.47. The predicted molar refractivity (Wildman–Crippen MR) is 126 cm³/mol. The Hall–Kier alpha value is -1.80. The third-order valence-electron chi connectivity index (χ3n) is 7.04. The molecule has 2 fully saturated rings. The van der Waals surface area contributed by atoms with E-state index >= 15 is 0 Å². The second-order valence-corrected chi connectivity index (χ2v) is 9.94. The molecule has 1 aromatic carbocycles. The molecule has 0 amide bonds. The smallest absolute Gasteiger partial charge is 0.123 e. The summed E-state index contributed by atoms with van der Waals surface area (Å²) in [6.07, 6.45) is 3.35. The minimum Gasteiger partial charge on any atom is -0.396 e. The summed E-state index contributed by atoms with van der Waals surface area (Å²) in [7, 11) is 2.20. The molecule has 1 N–H and O–H groups in total. The van der Waals surface area contributed by atoms with Gasteiger partial charge in [0.05, 0.1) is 5.69 Å². The van der Waals surface area contributed by atoms with E-state index in [1.807, 2.05) is 16.8 Å². The van der Waals surface area contributed by atoms with Crippen molar-refractivity contribution in [3.63, 3.8) is 0 Å². The molecule has 32 heavy (non-hydrogen) atoms. The summed E-state index contributed by atoms with van der Waals surface area (Å²) in [5.41, 5.74) is 3.04. The number of nitrogens with zero attached hydrogens (tertiary/aromatic N) is 5. The fourth-order valence-electron chi connectivity index (χ4n) is 5.09. The Labute approximate surface area is 191 Å². The number of likely N-dealkylation sites (N-methyl/N-ethyl adjacent to an activating group) is 1. The maximum Gasteiger partial charge on any atom is 0.123 e. The molecule has 0 radical (unpaired) electrons. The van der Waals surface area contributed by atoms with E-state index < -0.39 is 0 Å². The zero-order valence-corrected chi connectivity index (χ0v) is 19.8. The molecule has 2 unspecified atom stereocenters. The predicted octanol–water partition coefficient (Wildman–Crippen LogP) is 2.95. The summed E-state index contributed by atoms with van der Waals surface area (Å²) in [6.45, 7) is 12.8. The minimum atomic E-state index is -0.230. The van der Waals surface area contributed by atoms with Gasteiger partial charge in [-0.25, -0.2) is 4.39 Å². The van der Waals surface area contributed by atoms with Crippen molar-refractivity contribution in [2.45, 2.75) is 32.9 Å². The third-order valence-corrected chi connectivity index (χ3v) is 7.04. The molecule has 3 heterocycles. The summed E-state index contributed by atoms with van der Waals surface area (Å²) in [5.74, 6) is 0.565. The van der Waals surface area contributed by atoms with Crippen LogP contribution in [0.5, 0.6) is 0 Å². The minimum absolute atomic E-state index is 0.230. The van der Waals surface area contributed by atoms with Crippen molar-refractivity contribution in [2.75, 3.05) is 59.5 Å². The molecule has 2 aromatic rings. The van der Waals surface area contributed by atoms with Crippen LogP contribution in [0.2, 0.25) is 0 Å². The first kappa shape index (κ1) is 23.4. The first-order chi connectivity index (χ1) is 15.4. The quantitative estimate of drug-likeness (QED) is 0.713. The zero-order chi connectivity index (χ0) is 22.7. The molecule has 0 spiro atoms. The number of hydrogen-bond acceptors (Lipinski definition) is 5. The second kappa shape index (κ2) is 10.4. The van der Waals surface area contributed by atoms with E-state index in [0.29, 0.717) is 11.8 Å². The lowest BCUT2D eigenvalue weighted by molar-refractivity contribution is 0.165. The Morgan fingerprint density at radius 2 is 1.78 bits per heavy atom. The molecule has 2 aliphatic heterocycles. The van der Waals surface area contributed by atoms with Gasteiger partial charge in [0, 0.05) is 69.2 Å². The van der Waals surface area contributed by atoms with Crippen molar-refractivity contribution >= 4 is 0 Å². The lowest BCUT2D eigenvalue weighted by atomic mass is 9.96. The van der Waals surface area contributed by atoms with E-state index in [1.54, 1.807) is 0 Å². The Morgan fingerprint density at radius 3 is 2.50 bits per heavy atom. The van der Waals surface area contributed by atoms with Gasteiger partial charge in [0.25, 0.3) is 0 Å². The molecule has 4 rings (SSSR count). The number of likely N-dealkylation sites (tertiary alicyclic amines) is 1. The largest absolute Gasteiger partial charge is 0.396 e. The number of halogens is 1. The van der Waals surface area contributed by atoms with Gasteiger partial charge in [0.15, 0.2) is 0 Å². The number of rotatable bonds is 7. The molecule has 2 saturated heterocycles. The average molecular weight is 444 g/mol. The van der Waals surface area contributed by atoms with Gasteiger partial charge >= 0.3 is 0 Å². The molecule has 176 valence electrons. The lowest BCUT2D eigenvalue weighted by Crippen LogP contribution is -2.36. The highest BCUT2D eigenvalue weighted by molar-refractivity contribution is 5.62. The highest BCUT2D eigenvalue weighted by Gasteiger charge is 2.34. The van der Waals surface area contributed by atoms with E-state index in [2.05, 4.69) is 41.8 Å². The Bertz CT molecular complexity index is 868. The normalized spacial score (nSPS) is 23.8. The number of benzene rings is 1. The van der Waals surface area contributed by atoms with Crippen molar-refractivity contribution in [2.24, 2.45) is 11.8 Å². The summed E-state index contributed by atoms with van der Waals surface area (Å²) < 4.78 is 15.5. The fourth-order valence-corrected chi connectivity index (χ4v) is 5.09. The van der Waals surface area contributed by atoms with Crippen LogP contribution in [0.4, 0.5) is 4.39 Å². The van der Waals surface area contributed by atoms with Crippen LogP contribution in [0, 0.1) is 17.7 Å².